The highest BCUT2D eigenvalue weighted by molar-refractivity contribution is 5.83. The summed E-state index contributed by atoms with van der Waals surface area (Å²) < 4.78 is 0. The van der Waals surface area contributed by atoms with Crippen molar-refractivity contribution in [3.63, 3.8) is 0 Å². The van der Waals surface area contributed by atoms with Crippen LogP contribution in [0.15, 0.2) is 0 Å². The maximum atomic E-state index is 11.6. The van der Waals surface area contributed by atoms with Gasteiger partial charge in [-0.2, -0.15) is 0 Å². The lowest BCUT2D eigenvalue weighted by molar-refractivity contribution is -0.121. The summed E-state index contributed by atoms with van der Waals surface area (Å²) in [7, 11) is 0. The second-order valence-corrected chi connectivity index (χ2v) is 3.72. The summed E-state index contributed by atoms with van der Waals surface area (Å²) in [6.07, 6.45) is 4.96. The predicted octanol–water partition coefficient (Wildman–Crippen LogP) is -0.355. The Balaban J connectivity index is 3.67. The van der Waals surface area contributed by atoms with Crippen molar-refractivity contribution in [1.82, 2.24) is 5.43 Å². The number of carbonyl (C=O) groups is 1. The van der Waals surface area contributed by atoms with Crippen molar-refractivity contribution in [2.75, 3.05) is 13.1 Å². The Hall–Kier alpha value is -0.490. The highest BCUT2D eigenvalue weighted by Gasteiger charge is 2.15. The average Bonchev–Trinajstić information content (AvgIpc) is 2.24. The van der Waals surface area contributed by atoms with Crippen molar-refractivity contribution >= 4 is 5.78 Å². The van der Waals surface area contributed by atoms with E-state index in [1.165, 1.54) is 0 Å². The number of ketones is 1. The van der Waals surface area contributed by atoms with E-state index in [-0.39, 0.29) is 11.8 Å². The molecule has 0 radical (unpaired) electrons. The Bertz CT molecular complexity index is 164. The Morgan fingerprint density at radius 3 is 2.20 bits per heavy atom. The highest BCUT2D eigenvalue weighted by atomic mass is 16.1. The second-order valence-electron chi connectivity index (χ2n) is 3.72. The number of hydrogen-bond donors (Lipinski definition) is 4. The predicted molar refractivity (Wildman–Crippen MR) is 61.9 cm³/mol. The zero-order valence-corrected chi connectivity index (χ0v) is 9.37. The van der Waals surface area contributed by atoms with E-state index >= 15 is 0 Å². The van der Waals surface area contributed by atoms with Crippen LogP contribution in [0.3, 0.4) is 0 Å². The number of Topliss-reactive ketones (excluding diaryl/α,β-unsaturated/α-hetero) is 1. The third kappa shape index (κ3) is 7.44. The van der Waals surface area contributed by atoms with Crippen LogP contribution in [0, 0.1) is 0 Å². The molecule has 0 heterocycles. The van der Waals surface area contributed by atoms with Crippen LogP contribution < -0.4 is 22.7 Å². The fraction of sp³-hybridized carbons (Fsp3) is 0.900. The average molecular weight is 216 g/mol. The SMILES string of the molecule is NCCCCC(=O)[C@H](CCCCN)NN. The first-order chi connectivity index (χ1) is 7.26. The van der Waals surface area contributed by atoms with E-state index < -0.39 is 0 Å². The molecule has 0 rings (SSSR count). The largest absolute Gasteiger partial charge is 0.330 e. The number of rotatable bonds is 10. The van der Waals surface area contributed by atoms with Gasteiger partial charge in [-0.15, -0.1) is 0 Å². The number of unbranched alkanes of at least 4 members (excludes halogenated alkanes) is 2. The van der Waals surface area contributed by atoms with Gasteiger partial charge in [0.1, 0.15) is 0 Å². The smallest absolute Gasteiger partial charge is 0.151 e. The van der Waals surface area contributed by atoms with Gasteiger partial charge in [0, 0.05) is 6.42 Å². The number of hydrogen-bond acceptors (Lipinski definition) is 5. The third-order valence-corrected chi connectivity index (χ3v) is 2.41. The van der Waals surface area contributed by atoms with Crippen molar-refractivity contribution in [2.24, 2.45) is 17.3 Å². The second kappa shape index (κ2) is 10.0. The standard InChI is InChI=1S/C10H24N4O/c11-7-3-1-5-9(14-13)10(15)6-2-4-8-12/h9,14H,1-8,11-13H2/t9-/m0/s1. The molecule has 90 valence electrons. The highest BCUT2D eigenvalue weighted by Crippen LogP contribution is 2.05. The van der Waals surface area contributed by atoms with Crippen LogP contribution >= 0.6 is 0 Å². The number of carbonyl (C=O) groups excluding carboxylic acids is 1. The van der Waals surface area contributed by atoms with Crippen molar-refractivity contribution in [3.8, 4) is 0 Å². The molecule has 15 heavy (non-hydrogen) atoms. The van der Waals surface area contributed by atoms with Gasteiger partial charge >= 0.3 is 0 Å². The van der Waals surface area contributed by atoms with Gasteiger partial charge in [-0.25, -0.2) is 5.43 Å². The monoisotopic (exact) mass is 216 g/mol. The van der Waals surface area contributed by atoms with E-state index in [4.69, 9.17) is 17.3 Å². The Morgan fingerprint density at radius 1 is 1.07 bits per heavy atom. The molecule has 0 saturated heterocycles. The molecule has 0 spiro atoms. The lowest BCUT2D eigenvalue weighted by atomic mass is 10.0. The molecule has 0 aromatic rings. The van der Waals surface area contributed by atoms with Gasteiger partial charge in [-0.1, -0.05) is 6.42 Å². The molecule has 1 atom stereocenters. The summed E-state index contributed by atoms with van der Waals surface area (Å²) in [6.45, 7) is 1.31. The summed E-state index contributed by atoms with van der Waals surface area (Å²) in [5, 5.41) is 0. The Labute approximate surface area is 91.7 Å². The van der Waals surface area contributed by atoms with Crippen LogP contribution in [-0.2, 0) is 4.79 Å². The summed E-state index contributed by atoms with van der Waals surface area (Å²) in [5.74, 6) is 5.52. The summed E-state index contributed by atoms with van der Waals surface area (Å²) >= 11 is 0. The number of nitrogens with two attached hydrogens (primary N) is 3. The van der Waals surface area contributed by atoms with Gasteiger partial charge in [0.05, 0.1) is 6.04 Å². The maximum absolute atomic E-state index is 11.6. The van der Waals surface area contributed by atoms with Crippen molar-refractivity contribution < 1.29 is 4.79 Å². The number of nitrogens with one attached hydrogen (secondary N) is 1. The molecule has 0 aromatic heterocycles. The molecule has 5 heteroatoms. The van der Waals surface area contributed by atoms with Crippen LogP contribution in [0.25, 0.3) is 0 Å². The van der Waals surface area contributed by atoms with Crippen LogP contribution in [0.1, 0.15) is 38.5 Å². The molecule has 0 aromatic carbocycles. The molecular weight excluding hydrogens is 192 g/mol. The van der Waals surface area contributed by atoms with E-state index in [0.29, 0.717) is 19.5 Å². The number of hydrazine groups is 1. The fourth-order valence-corrected chi connectivity index (χ4v) is 1.45. The van der Waals surface area contributed by atoms with Crippen LogP contribution in [0.2, 0.25) is 0 Å². The zero-order valence-electron chi connectivity index (χ0n) is 9.37. The van der Waals surface area contributed by atoms with E-state index in [1.54, 1.807) is 0 Å². The van der Waals surface area contributed by atoms with Gasteiger partial charge < -0.3 is 11.5 Å². The van der Waals surface area contributed by atoms with Gasteiger partial charge in [0.15, 0.2) is 5.78 Å². The van der Waals surface area contributed by atoms with Crippen molar-refractivity contribution in [1.29, 1.82) is 0 Å². The van der Waals surface area contributed by atoms with Gasteiger partial charge in [0.25, 0.3) is 0 Å². The first-order valence-electron chi connectivity index (χ1n) is 5.65. The summed E-state index contributed by atoms with van der Waals surface area (Å²) in [6, 6.07) is -0.214. The molecule has 0 fully saturated rings. The van der Waals surface area contributed by atoms with Crippen LogP contribution in [-0.4, -0.2) is 24.9 Å². The molecule has 0 saturated carbocycles. The summed E-state index contributed by atoms with van der Waals surface area (Å²) in [5.41, 5.74) is 13.3. The lowest BCUT2D eigenvalue weighted by Crippen LogP contribution is -2.41. The maximum Gasteiger partial charge on any atom is 0.151 e. The molecule has 0 amide bonds. The van der Waals surface area contributed by atoms with Crippen LogP contribution in [0.5, 0.6) is 0 Å². The third-order valence-electron chi connectivity index (χ3n) is 2.41. The molecule has 0 unspecified atom stereocenters. The lowest BCUT2D eigenvalue weighted by Gasteiger charge is -2.14. The molecule has 7 N–H and O–H groups in total. The Morgan fingerprint density at radius 2 is 1.67 bits per heavy atom. The topological polar surface area (TPSA) is 107 Å². The first-order valence-corrected chi connectivity index (χ1v) is 5.65. The quantitative estimate of drug-likeness (QED) is 0.227. The van der Waals surface area contributed by atoms with Crippen molar-refractivity contribution in [3.05, 3.63) is 0 Å². The normalized spacial score (nSPS) is 12.7. The summed E-state index contributed by atoms with van der Waals surface area (Å²) in [4.78, 5) is 11.6. The Kier molecular flexibility index (Phi) is 9.71. The molecule has 0 aliphatic heterocycles. The van der Waals surface area contributed by atoms with Gasteiger partial charge in [-0.05, 0) is 38.8 Å². The first kappa shape index (κ1) is 14.5. The zero-order chi connectivity index (χ0) is 11.5. The minimum absolute atomic E-state index is 0.183. The van der Waals surface area contributed by atoms with Crippen LogP contribution in [0.4, 0.5) is 0 Å². The van der Waals surface area contributed by atoms with Gasteiger partial charge in [0.2, 0.25) is 0 Å². The molecular formula is C10H24N4O. The fourth-order valence-electron chi connectivity index (χ4n) is 1.45. The van der Waals surface area contributed by atoms with E-state index in [0.717, 1.165) is 32.1 Å². The van der Waals surface area contributed by atoms with Crippen molar-refractivity contribution in [2.45, 2.75) is 44.6 Å². The minimum Gasteiger partial charge on any atom is -0.330 e. The molecule has 0 aliphatic rings. The molecule has 0 aliphatic carbocycles. The van der Waals surface area contributed by atoms with E-state index in [2.05, 4.69) is 5.43 Å². The molecule has 5 nitrogen and oxygen atoms in total. The van der Waals surface area contributed by atoms with E-state index in [9.17, 15) is 4.79 Å². The molecule has 0 bridgehead atoms. The van der Waals surface area contributed by atoms with E-state index in [1.807, 2.05) is 0 Å². The van der Waals surface area contributed by atoms with Gasteiger partial charge in [-0.3, -0.25) is 10.6 Å². The minimum atomic E-state index is -0.214.